The average Bonchev–Trinajstić information content (AvgIpc) is 3.27. The second-order valence-electron chi connectivity index (χ2n) is 10.0. The molecular formula is C28H30F2N4O6. The molecule has 0 aromatic heterocycles. The topological polar surface area (TPSA) is 117 Å². The van der Waals surface area contributed by atoms with Gasteiger partial charge in [-0.3, -0.25) is 29.4 Å². The van der Waals surface area contributed by atoms with Crippen molar-refractivity contribution in [2.75, 3.05) is 26.3 Å². The molecule has 2 N–H and O–H groups in total. The number of benzene rings is 2. The highest BCUT2D eigenvalue weighted by Crippen LogP contribution is 2.32. The molecule has 2 saturated heterocycles. The number of piperidine rings is 1. The first-order valence-electron chi connectivity index (χ1n) is 13.1. The van der Waals surface area contributed by atoms with Crippen molar-refractivity contribution >= 4 is 23.6 Å². The number of hydrogen-bond acceptors (Lipinski definition) is 7. The van der Waals surface area contributed by atoms with E-state index in [2.05, 4.69) is 10.6 Å². The SMILES string of the molecule is CC(Oc1cccc(C(F)(F)C(=O)NCc2ccc3c(c2)CN(C2CCC(=O)NC2=O)C3=O)c1)N1CCOCC1. The third kappa shape index (κ3) is 5.68. The Bertz CT molecular complexity index is 1330. The molecule has 2 aromatic carbocycles. The molecule has 2 aromatic rings. The molecule has 2 atom stereocenters. The second-order valence-corrected chi connectivity index (χ2v) is 10.0. The van der Waals surface area contributed by atoms with E-state index < -0.39 is 29.3 Å². The molecule has 3 aliphatic heterocycles. The van der Waals surface area contributed by atoms with Gasteiger partial charge in [0, 0.05) is 43.7 Å². The molecule has 0 saturated carbocycles. The highest BCUT2D eigenvalue weighted by atomic mass is 19.3. The first kappa shape index (κ1) is 27.7. The van der Waals surface area contributed by atoms with Crippen molar-refractivity contribution in [3.05, 3.63) is 64.7 Å². The summed E-state index contributed by atoms with van der Waals surface area (Å²) in [6.45, 7) is 4.29. The first-order chi connectivity index (χ1) is 19.1. The van der Waals surface area contributed by atoms with Gasteiger partial charge < -0.3 is 19.7 Å². The molecule has 12 heteroatoms. The lowest BCUT2D eigenvalue weighted by Crippen LogP contribution is -2.52. The summed E-state index contributed by atoms with van der Waals surface area (Å²) in [5, 5.41) is 4.53. The number of imide groups is 1. The molecule has 5 rings (SSSR count). The molecule has 2 unspecified atom stereocenters. The lowest BCUT2D eigenvalue weighted by atomic mass is 10.0. The Hall–Kier alpha value is -3.90. The van der Waals surface area contributed by atoms with Gasteiger partial charge in [0.25, 0.3) is 11.8 Å². The van der Waals surface area contributed by atoms with Crippen LogP contribution in [0.2, 0.25) is 0 Å². The van der Waals surface area contributed by atoms with E-state index in [4.69, 9.17) is 9.47 Å². The third-order valence-electron chi connectivity index (χ3n) is 7.39. The van der Waals surface area contributed by atoms with Gasteiger partial charge in [0.15, 0.2) is 0 Å². The Morgan fingerprint density at radius 2 is 1.95 bits per heavy atom. The Morgan fingerprint density at radius 3 is 2.70 bits per heavy atom. The quantitative estimate of drug-likeness (QED) is 0.477. The molecule has 212 valence electrons. The van der Waals surface area contributed by atoms with Crippen molar-refractivity contribution < 1.29 is 37.4 Å². The van der Waals surface area contributed by atoms with Crippen molar-refractivity contribution in [1.29, 1.82) is 0 Å². The number of ether oxygens (including phenoxy) is 2. The summed E-state index contributed by atoms with van der Waals surface area (Å²) in [5.41, 5.74) is 1.05. The van der Waals surface area contributed by atoms with Crippen molar-refractivity contribution in [3.8, 4) is 5.75 Å². The van der Waals surface area contributed by atoms with Gasteiger partial charge in [-0.05, 0) is 42.7 Å². The standard InChI is InChI=1S/C28H30F2N4O6/c1-17(33-9-11-39-12-10-33)40-21-4-2-3-20(14-21)28(29,30)27(38)31-15-18-5-6-22-19(13-18)16-34(26(22)37)23-7-8-24(35)32-25(23)36/h2-6,13-14,17,23H,7-12,15-16H2,1H3,(H,31,38)(H,32,35,36). The van der Waals surface area contributed by atoms with Crippen molar-refractivity contribution in [1.82, 2.24) is 20.4 Å². The van der Waals surface area contributed by atoms with E-state index in [1.54, 1.807) is 24.3 Å². The highest BCUT2D eigenvalue weighted by Gasteiger charge is 2.42. The van der Waals surface area contributed by atoms with Gasteiger partial charge >= 0.3 is 5.92 Å². The van der Waals surface area contributed by atoms with E-state index in [-0.39, 0.29) is 49.7 Å². The summed E-state index contributed by atoms with van der Waals surface area (Å²) in [5.74, 6) is -6.27. The number of carbonyl (C=O) groups is 4. The summed E-state index contributed by atoms with van der Waals surface area (Å²) in [7, 11) is 0. The predicted octanol–water partition coefficient (Wildman–Crippen LogP) is 1.91. The fourth-order valence-electron chi connectivity index (χ4n) is 5.14. The minimum atomic E-state index is -3.81. The van der Waals surface area contributed by atoms with Crippen LogP contribution in [0.5, 0.6) is 5.75 Å². The van der Waals surface area contributed by atoms with Gasteiger partial charge in [-0.2, -0.15) is 8.78 Å². The second kappa shape index (κ2) is 11.3. The molecule has 3 aliphatic rings. The number of carbonyl (C=O) groups excluding carboxylic acids is 4. The largest absolute Gasteiger partial charge is 0.475 e. The third-order valence-corrected chi connectivity index (χ3v) is 7.39. The average molecular weight is 557 g/mol. The van der Waals surface area contributed by atoms with Gasteiger partial charge in [0.1, 0.15) is 18.0 Å². The van der Waals surface area contributed by atoms with E-state index >= 15 is 8.78 Å². The van der Waals surface area contributed by atoms with Crippen LogP contribution in [-0.4, -0.2) is 72.0 Å². The van der Waals surface area contributed by atoms with Gasteiger partial charge in [-0.1, -0.05) is 24.3 Å². The van der Waals surface area contributed by atoms with Gasteiger partial charge in [0.05, 0.1) is 13.2 Å². The highest BCUT2D eigenvalue weighted by molar-refractivity contribution is 6.05. The number of nitrogens with zero attached hydrogens (tertiary/aromatic N) is 2. The van der Waals surface area contributed by atoms with E-state index in [0.717, 1.165) is 0 Å². The van der Waals surface area contributed by atoms with Crippen LogP contribution < -0.4 is 15.4 Å². The van der Waals surface area contributed by atoms with Crippen LogP contribution in [0.1, 0.15) is 46.8 Å². The number of nitrogens with one attached hydrogen (secondary N) is 2. The van der Waals surface area contributed by atoms with Crippen LogP contribution in [0, 0.1) is 0 Å². The van der Waals surface area contributed by atoms with Gasteiger partial charge in [-0.15, -0.1) is 0 Å². The molecule has 40 heavy (non-hydrogen) atoms. The summed E-state index contributed by atoms with van der Waals surface area (Å²) < 4.78 is 41.4. The zero-order valence-corrected chi connectivity index (χ0v) is 22.0. The Balaban J connectivity index is 1.20. The molecule has 0 spiro atoms. The summed E-state index contributed by atoms with van der Waals surface area (Å²) in [4.78, 5) is 52.5. The lowest BCUT2D eigenvalue weighted by molar-refractivity contribution is -0.147. The van der Waals surface area contributed by atoms with Crippen LogP contribution >= 0.6 is 0 Å². The normalized spacial score (nSPS) is 20.6. The summed E-state index contributed by atoms with van der Waals surface area (Å²) >= 11 is 0. The minimum absolute atomic E-state index is 0.143. The Labute approximate surface area is 229 Å². The van der Waals surface area contributed by atoms with Crippen molar-refractivity contribution in [3.63, 3.8) is 0 Å². The molecule has 10 nitrogen and oxygen atoms in total. The van der Waals surface area contributed by atoms with Crippen LogP contribution in [0.15, 0.2) is 42.5 Å². The van der Waals surface area contributed by atoms with E-state index in [0.29, 0.717) is 43.0 Å². The van der Waals surface area contributed by atoms with Gasteiger partial charge in [-0.25, -0.2) is 0 Å². The smallest absolute Gasteiger partial charge is 0.349 e. The maximum Gasteiger partial charge on any atom is 0.349 e. The molecule has 4 amide bonds. The Morgan fingerprint density at radius 1 is 1.18 bits per heavy atom. The van der Waals surface area contributed by atoms with Crippen molar-refractivity contribution in [2.24, 2.45) is 0 Å². The molecule has 2 fully saturated rings. The summed E-state index contributed by atoms with van der Waals surface area (Å²) in [6, 6.07) is 9.36. The molecule has 0 radical (unpaired) electrons. The maximum atomic E-state index is 15.1. The fourth-order valence-corrected chi connectivity index (χ4v) is 5.14. The maximum absolute atomic E-state index is 15.1. The van der Waals surface area contributed by atoms with Crippen LogP contribution in [-0.2, 0) is 38.1 Å². The van der Waals surface area contributed by atoms with Crippen LogP contribution in [0.25, 0.3) is 0 Å². The number of fused-ring (bicyclic) bond motifs is 1. The monoisotopic (exact) mass is 556 g/mol. The predicted molar refractivity (Wildman–Crippen MR) is 137 cm³/mol. The zero-order valence-electron chi connectivity index (χ0n) is 22.0. The first-order valence-corrected chi connectivity index (χ1v) is 13.1. The molecular weight excluding hydrogens is 526 g/mol. The number of rotatable bonds is 8. The molecule has 0 aliphatic carbocycles. The number of morpholine rings is 1. The number of amides is 4. The number of hydrogen-bond donors (Lipinski definition) is 2. The fraction of sp³-hybridized carbons (Fsp3) is 0.429. The molecule has 3 heterocycles. The summed E-state index contributed by atoms with van der Waals surface area (Å²) in [6.07, 6.45) is 0.0317. The lowest BCUT2D eigenvalue weighted by Gasteiger charge is -2.32. The van der Waals surface area contributed by atoms with Crippen LogP contribution in [0.3, 0.4) is 0 Å². The molecule has 0 bridgehead atoms. The van der Waals surface area contributed by atoms with E-state index in [9.17, 15) is 19.2 Å². The van der Waals surface area contributed by atoms with E-state index in [1.807, 2.05) is 11.8 Å². The minimum Gasteiger partial charge on any atom is -0.475 e. The number of alkyl halides is 2. The zero-order chi connectivity index (χ0) is 28.4. The van der Waals surface area contributed by atoms with Crippen molar-refractivity contribution in [2.45, 2.75) is 51.0 Å². The Kier molecular flexibility index (Phi) is 7.81. The van der Waals surface area contributed by atoms with Gasteiger partial charge in [0.2, 0.25) is 11.8 Å². The van der Waals surface area contributed by atoms with Crippen LogP contribution in [0.4, 0.5) is 8.78 Å². The van der Waals surface area contributed by atoms with E-state index in [1.165, 1.54) is 23.1 Å². The number of halogens is 2.